The highest BCUT2D eigenvalue weighted by molar-refractivity contribution is 5.07. The van der Waals surface area contributed by atoms with Gasteiger partial charge in [-0.25, -0.2) is 0 Å². The van der Waals surface area contributed by atoms with E-state index in [0.717, 1.165) is 19.5 Å². The molecule has 1 N–H and O–H groups in total. The second-order valence-electron chi connectivity index (χ2n) is 5.13. The Bertz CT molecular complexity index is 365. The maximum Gasteiger partial charge on any atom is 0.137 e. The highest BCUT2D eigenvalue weighted by Gasteiger charge is 2.27. The van der Waals surface area contributed by atoms with Crippen LogP contribution in [0.3, 0.4) is 0 Å². The van der Waals surface area contributed by atoms with Crippen molar-refractivity contribution in [1.29, 1.82) is 0 Å². The normalized spacial score (nSPS) is 30.1. The van der Waals surface area contributed by atoms with Gasteiger partial charge in [-0.05, 0) is 39.2 Å². The Labute approximate surface area is 96.4 Å². The molecule has 1 aromatic heterocycles. The first-order valence-electron chi connectivity index (χ1n) is 6.50. The number of rotatable bonds is 1. The number of aromatic nitrogens is 3. The summed E-state index contributed by atoms with van der Waals surface area (Å²) in [5.74, 6) is 3.02. The first-order valence-corrected chi connectivity index (χ1v) is 6.50. The minimum Gasteiger partial charge on any atom is -0.316 e. The molecule has 0 bridgehead atoms. The van der Waals surface area contributed by atoms with E-state index in [4.69, 9.17) is 0 Å². The van der Waals surface area contributed by atoms with Crippen LogP contribution in [0, 0.1) is 0 Å². The van der Waals surface area contributed by atoms with Gasteiger partial charge in [0.1, 0.15) is 11.6 Å². The van der Waals surface area contributed by atoms with Gasteiger partial charge < -0.3 is 9.88 Å². The molecular formula is C12H20N4. The molecule has 0 aromatic carbocycles. The van der Waals surface area contributed by atoms with Crippen LogP contribution in [0.4, 0.5) is 0 Å². The Kier molecular flexibility index (Phi) is 2.67. The van der Waals surface area contributed by atoms with Crippen LogP contribution < -0.4 is 5.32 Å². The highest BCUT2D eigenvalue weighted by Crippen LogP contribution is 2.30. The minimum absolute atomic E-state index is 0.579. The summed E-state index contributed by atoms with van der Waals surface area (Å²) in [6.45, 7) is 4.53. The van der Waals surface area contributed by atoms with Gasteiger partial charge in [0.25, 0.3) is 0 Å². The van der Waals surface area contributed by atoms with E-state index in [1.807, 2.05) is 0 Å². The lowest BCUT2D eigenvalue weighted by Crippen LogP contribution is -2.31. The van der Waals surface area contributed by atoms with Gasteiger partial charge in [-0.3, -0.25) is 0 Å². The molecule has 1 fully saturated rings. The number of fused-ring (bicyclic) bond motifs is 1. The summed E-state index contributed by atoms with van der Waals surface area (Å²) < 4.78 is 2.40. The molecule has 2 aliphatic rings. The van der Waals surface area contributed by atoms with Crippen molar-refractivity contribution in [2.75, 3.05) is 13.1 Å². The predicted octanol–water partition coefficient (Wildman–Crippen LogP) is 1.64. The van der Waals surface area contributed by atoms with Crippen molar-refractivity contribution in [3.8, 4) is 0 Å². The molecule has 3 heterocycles. The van der Waals surface area contributed by atoms with Gasteiger partial charge in [-0.1, -0.05) is 0 Å². The first-order chi connectivity index (χ1) is 7.86. The number of hydrogen-bond donors (Lipinski definition) is 1. The Morgan fingerprint density at radius 2 is 2.19 bits per heavy atom. The average Bonchev–Trinajstić information content (AvgIpc) is 2.75. The summed E-state index contributed by atoms with van der Waals surface area (Å²) in [5, 5.41) is 12.3. The molecule has 16 heavy (non-hydrogen) atoms. The van der Waals surface area contributed by atoms with Crippen LogP contribution in [-0.2, 0) is 6.42 Å². The predicted molar refractivity (Wildman–Crippen MR) is 62.5 cm³/mol. The second kappa shape index (κ2) is 4.17. The molecule has 0 saturated carbocycles. The van der Waals surface area contributed by atoms with Crippen LogP contribution >= 0.6 is 0 Å². The SMILES string of the molecule is CC1CCCc2nnc(C3CCCNC3)n21. The van der Waals surface area contributed by atoms with Crippen molar-refractivity contribution in [3.05, 3.63) is 11.6 Å². The van der Waals surface area contributed by atoms with Crippen molar-refractivity contribution >= 4 is 0 Å². The zero-order chi connectivity index (χ0) is 11.0. The molecule has 2 aliphatic heterocycles. The average molecular weight is 220 g/mol. The zero-order valence-corrected chi connectivity index (χ0v) is 9.95. The third kappa shape index (κ3) is 1.65. The van der Waals surface area contributed by atoms with Gasteiger partial charge >= 0.3 is 0 Å². The number of piperidine rings is 1. The zero-order valence-electron chi connectivity index (χ0n) is 9.95. The molecule has 0 spiro atoms. The van der Waals surface area contributed by atoms with E-state index in [9.17, 15) is 0 Å². The Morgan fingerprint density at radius 3 is 3.00 bits per heavy atom. The van der Waals surface area contributed by atoms with Crippen molar-refractivity contribution in [1.82, 2.24) is 20.1 Å². The summed E-state index contributed by atoms with van der Waals surface area (Å²) >= 11 is 0. The molecule has 88 valence electrons. The monoisotopic (exact) mass is 220 g/mol. The van der Waals surface area contributed by atoms with Gasteiger partial charge in [-0.15, -0.1) is 10.2 Å². The van der Waals surface area contributed by atoms with E-state index in [2.05, 4.69) is 27.0 Å². The summed E-state index contributed by atoms with van der Waals surface area (Å²) in [4.78, 5) is 0. The molecule has 1 saturated heterocycles. The second-order valence-corrected chi connectivity index (χ2v) is 5.13. The smallest absolute Gasteiger partial charge is 0.137 e. The summed E-state index contributed by atoms with van der Waals surface area (Å²) in [6, 6.07) is 0.593. The van der Waals surface area contributed by atoms with Crippen molar-refractivity contribution in [3.63, 3.8) is 0 Å². The molecule has 4 nitrogen and oxygen atoms in total. The Balaban J connectivity index is 1.91. The van der Waals surface area contributed by atoms with Gasteiger partial charge in [0, 0.05) is 24.9 Å². The lowest BCUT2D eigenvalue weighted by molar-refractivity contribution is 0.378. The number of nitrogens with zero attached hydrogens (tertiary/aromatic N) is 3. The highest BCUT2D eigenvalue weighted by atomic mass is 15.3. The third-order valence-corrected chi connectivity index (χ3v) is 3.92. The van der Waals surface area contributed by atoms with Gasteiger partial charge in [-0.2, -0.15) is 0 Å². The Hall–Kier alpha value is -0.900. The molecule has 0 aliphatic carbocycles. The summed E-state index contributed by atoms with van der Waals surface area (Å²) in [7, 11) is 0. The molecule has 3 rings (SSSR count). The van der Waals surface area contributed by atoms with E-state index in [1.165, 1.54) is 37.3 Å². The fourth-order valence-electron chi connectivity index (χ4n) is 3.02. The van der Waals surface area contributed by atoms with Crippen molar-refractivity contribution < 1.29 is 0 Å². The quantitative estimate of drug-likeness (QED) is 0.782. The fourth-order valence-corrected chi connectivity index (χ4v) is 3.02. The molecular weight excluding hydrogens is 200 g/mol. The van der Waals surface area contributed by atoms with Gasteiger partial charge in [0.05, 0.1) is 0 Å². The Morgan fingerprint density at radius 1 is 1.25 bits per heavy atom. The first kappa shape index (κ1) is 10.3. The minimum atomic E-state index is 0.579. The maximum atomic E-state index is 4.44. The van der Waals surface area contributed by atoms with Crippen LogP contribution in [0.15, 0.2) is 0 Å². The van der Waals surface area contributed by atoms with Crippen molar-refractivity contribution in [2.45, 2.75) is 51.0 Å². The number of nitrogens with one attached hydrogen (secondary N) is 1. The van der Waals surface area contributed by atoms with Crippen LogP contribution in [0.1, 0.15) is 56.2 Å². The third-order valence-electron chi connectivity index (χ3n) is 3.92. The summed E-state index contributed by atoms with van der Waals surface area (Å²) in [5.41, 5.74) is 0. The molecule has 0 amide bonds. The van der Waals surface area contributed by atoms with E-state index in [-0.39, 0.29) is 0 Å². The molecule has 4 heteroatoms. The topological polar surface area (TPSA) is 42.7 Å². The standard InChI is InChI=1S/C12H20N4/c1-9-4-2-6-11-14-15-12(16(9)11)10-5-3-7-13-8-10/h9-10,13H,2-8H2,1H3. The van der Waals surface area contributed by atoms with E-state index < -0.39 is 0 Å². The molecule has 1 aromatic rings. The van der Waals surface area contributed by atoms with Crippen LogP contribution in [-0.4, -0.2) is 27.9 Å². The fraction of sp³-hybridized carbons (Fsp3) is 0.833. The lowest BCUT2D eigenvalue weighted by Gasteiger charge is -2.27. The van der Waals surface area contributed by atoms with Gasteiger partial charge in [0.15, 0.2) is 0 Å². The molecule has 0 radical (unpaired) electrons. The largest absolute Gasteiger partial charge is 0.316 e. The van der Waals surface area contributed by atoms with Crippen LogP contribution in [0.2, 0.25) is 0 Å². The maximum absolute atomic E-state index is 4.44. The lowest BCUT2D eigenvalue weighted by atomic mass is 9.97. The number of aryl methyl sites for hydroxylation is 1. The molecule has 2 atom stereocenters. The molecule has 2 unspecified atom stereocenters. The van der Waals surface area contributed by atoms with E-state index in [0.29, 0.717) is 12.0 Å². The van der Waals surface area contributed by atoms with E-state index in [1.54, 1.807) is 0 Å². The summed E-state index contributed by atoms with van der Waals surface area (Å²) in [6.07, 6.45) is 6.18. The van der Waals surface area contributed by atoms with Crippen molar-refractivity contribution in [2.24, 2.45) is 0 Å². The van der Waals surface area contributed by atoms with Gasteiger partial charge in [0.2, 0.25) is 0 Å². The van der Waals surface area contributed by atoms with E-state index >= 15 is 0 Å². The number of hydrogen-bond acceptors (Lipinski definition) is 3. The van der Waals surface area contributed by atoms with Crippen LogP contribution in [0.25, 0.3) is 0 Å². The van der Waals surface area contributed by atoms with Crippen LogP contribution in [0.5, 0.6) is 0 Å².